The molecule has 0 heterocycles. The van der Waals surface area contributed by atoms with Gasteiger partial charge in [0.1, 0.15) is 11.3 Å². The third-order valence-electron chi connectivity index (χ3n) is 5.41. The Morgan fingerprint density at radius 1 is 0.933 bits per heavy atom. The maximum Gasteiger partial charge on any atom is 0.429 e. The molecule has 1 fully saturated rings. The number of hydrogen-bond acceptors (Lipinski definition) is 3. The van der Waals surface area contributed by atoms with Crippen molar-refractivity contribution in [2.75, 3.05) is 13.7 Å². The zero-order valence-corrected chi connectivity index (χ0v) is 17.1. The Morgan fingerprint density at radius 2 is 1.60 bits per heavy atom. The first kappa shape index (κ1) is 22.4. The van der Waals surface area contributed by atoms with Crippen molar-refractivity contribution < 1.29 is 31.8 Å². The summed E-state index contributed by atoms with van der Waals surface area (Å²) in [5.41, 5.74) is -0.142. The van der Waals surface area contributed by atoms with Gasteiger partial charge in [0.25, 0.3) is 0 Å². The topological polar surface area (TPSA) is 27.7 Å². The summed E-state index contributed by atoms with van der Waals surface area (Å²) in [5.74, 6) is -3.41. The highest BCUT2D eigenvalue weighted by Crippen LogP contribution is 2.38. The van der Waals surface area contributed by atoms with E-state index in [1.165, 1.54) is 12.1 Å². The molecule has 164 valence electrons. The Bertz CT molecular complexity index is 831. The van der Waals surface area contributed by atoms with Gasteiger partial charge in [-0.05, 0) is 67.9 Å². The molecular weight excluding hydrogens is 400 g/mol. The molecule has 2 aromatic rings. The average Bonchev–Trinajstić information content (AvgIpc) is 2.74. The van der Waals surface area contributed by atoms with Crippen LogP contribution in [0.1, 0.15) is 56.1 Å². The van der Waals surface area contributed by atoms with Crippen LogP contribution in [0.4, 0.5) is 17.6 Å². The molecule has 0 aromatic heterocycles. The van der Waals surface area contributed by atoms with E-state index in [9.17, 15) is 17.6 Å². The van der Waals surface area contributed by atoms with Crippen molar-refractivity contribution in [1.29, 1.82) is 0 Å². The highest BCUT2D eigenvalue weighted by Gasteiger charge is 2.39. The van der Waals surface area contributed by atoms with Crippen LogP contribution in [0.25, 0.3) is 0 Å². The summed E-state index contributed by atoms with van der Waals surface area (Å²) in [6.07, 6.45) is 1.16. The Morgan fingerprint density at radius 3 is 2.20 bits per heavy atom. The molecule has 30 heavy (non-hydrogen) atoms. The van der Waals surface area contributed by atoms with E-state index in [0.29, 0.717) is 12.0 Å². The third kappa shape index (κ3) is 5.06. The summed E-state index contributed by atoms with van der Waals surface area (Å²) >= 11 is 0. The van der Waals surface area contributed by atoms with Gasteiger partial charge >= 0.3 is 6.11 Å². The van der Waals surface area contributed by atoms with Crippen LogP contribution in [0.2, 0.25) is 0 Å². The average molecular weight is 426 g/mol. The molecule has 0 atom stereocenters. The van der Waals surface area contributed by atoms with E-state index in [-0.39, 0.29) is 5.75 Å². The van der Waals surface area contributed by atoms with Crippen LogP contribution >= 0.6 is 0 Å². The number of hydrogen-bond donors (Lipinski definition) is 0. The monoisotopic (exact) mass is 426 g/mol. The predicted molar refractivity (Wildman–Crippen MR) is 105 cm³/mol. The van der Waals surface area contributed by atoms with E-state index in [1.54, 1.807) is 12.1 Å². The molecule has 0 unspecified atom stereocenters. The Kier molecular flexibility index (Phi) is 7.23. The van der Waals surface area contributed by atoms with Crippen LogP contribution in [0, 0.1) is 11.6 Å². The Hall–Kier alpha value is -2.28. The van der Waals surface area contributed by atoms with E-state index in [1.807, 2.05) is 0 Å². The SMILES string of the molecule is CCCOC1CCC(c2ccc(OC(F)(F)c3ccc(OC)c(F)c3F)cc2)CC1. The summed E-state index contributed by atoms with van der Waals surface area (Å²) in [6.45, 7) is 2.85. The first-order valence-corrected chi connectivity index (χ1v) is 10.2. The molecule has 0 radical (unpaired) electrons. The molecule has 0 amide bonds. The molecule has 1 aliphatic rings. The highest BCUT2D eigenvalue weighted by atomic mass is 19.3. The quantitative estimate of drug-likeness (QED) is 0.448. The van der Waals surface area contributed by atoms with Crippen molar-refractivity contribution in [2.45, 2.75) is 57.2 Å². The molecule has 0 saturated heterocycles. The smallest absolute Gasteiger partial charge is 0.429 e. The molecule has 1 aliphatic carbocycles. The lowest BCUT2D eigenvalue weighted by molar-refractivity contribution is -0.187. The molecule has 3 nitrogen and oxygen atoms in total. The van der Waals surface area contributed by atoms with Crippen molar-refractivity contribution in [3.63, 3.8) is 0 Å². The van der Waals surface area contributed by atoms with Crippen LogP contribution < -0.4 is 9.47 Å². The lowest BCUT2D eigenvalue weighted by atomic mass is 9.83. The highest BCUT2D eigenvalue weighted by molar-refractivity contribution is 5.34. The molecule has 1 saturated carbocycles. The normalized spacial score (nSPS) is 19.5. The van der Waals surface area contributed by atoms with Crippen LogP contribution in [0.3, 0.4) is 0 Å². The van der Waals surface area contributed by atoms with Gasteiger partial charge in [-0.2, -0.15) is 13.2 Å². The second-order valence-corrected chi connectivity index (χ2v) is 7.48. The van der Waals surface area contributed by atoms with Crippen molar-refractivity contribution in [1.82, 2.24) is 0 Å². The first-order valence-electron chi connectivity index (χ1n) is 10.2. The minimum Gasteiger partial charge on any atom is -0.494 e. The van der Waals surface area contributed by atoms with Gasteiger partial charge in [0, 0.05) is 6.61 Å². The van der Waals surface area contributed by atoms with Gasteiger partial charge in [0.15, 0.2) is 11.6 Å². The predicted octanol–water partition coefficient (Wildman–Crippen LogP) is 6.55. The van der Waals surface area contributed by atoms with Gasteiger partial charge in [0.2, 0.25) is 5.82 Å². The van der Waals surface area contributed by atoms with Crippen LogP contribution in [0.5, 0.6) is 11.5 Å². The van der Waals surface area contributed by atoms with E-state index in [2.05, 4.69) is 11.7 Å². The molecule has 0 N–H and O–H groups in total. The van der Waals surface area contributed by atoms with Gasteiger partial charge < -0.3 is 14.2 Å². The number of alkyl halides is 2. The molecule has 7 heteroatoms. The number of rotatable bonds is 8. The fourth-order valence-corrected chi connectivity index (χ4v) is 3.77. The Balaban J connectivity index is 1.65. The lowest BCUT2D eigenvalue weighted by Crippen LogP contribution is -2.24. The lowest BCUT2D eigenvalue weighted by Gasteiger charge is -2.29. The summed E-state index contributed by atoms with van der Waals surface area (Å²) in [7, 11) is 1.12. The zero-order valence-electron chi connectivity index (χ0n) is 17.1. The summed E-state index contributed by atoms with van der Waals surface area (Å²) in [5, 5.41) is 0. The number of benzene rings is 2. The zero-order chi connectivity index (χ0) is 21.7. The van der Waals surface area contributed by atoms with Crippen LogP contribution in [-0.4, -0.2) is 19.8 Å². The molecule has 0 aliphatic heterocycles. The van der Waals surface area contributed by atoms with Gasteiger partial charge in [-0.15, -0.1) is 0 Å². The van der Waals surface area contributed by atoms with Gasteiger partial charge in [0.05, 0.1) is 13.2 Å². The van der Waals surface area contributed by atoms with Gasteiger partial charge in [-0.25, -0.2) is 4.39 Å². The van der Waals surface area contributed by atoms with Gasteiger partial charge in [-0.1, -0.05) is 19.1 Å². The number of halogens is 4. The van der Waals surface area contributed by atoms with Crippen molar-refractivity contribution >= 4 is 0 Å². The van der Waals surface area contributed by atoms with Gasteiger partial charge in [-0.3, -0.25) is 0 Å². The fraction of sp³-hybridized carbons (Fsp3) is 0.478. The van der Waals surface area contributed by atoms with Crippen molar-refractivity contribution in [3.05, 3.63) is 59.2 Å². The maximum atomic E-state index is 14.4. The van der Waals surface area contributed by atoms with E-state index in [0.717, 1.165) is 63.5 Å². The molecule has 0 bridgehead atoms. The third-order valence-corrected chi connectivity index (χ3v) is 5.41. The largest absolute Gasteiger partial charge is 0.494 e. The van der Waals surface area contributed by atoms with E-state index >= 15 is 0 Å². The Labute approximate surface area is 173 Å². The molecule has 2 aromatic carbocycles. The van der Waals surface area contributed by atoms with Crippen molar-refractivity contribution in [3.8, 4) is 11.5 Å². The molecule has 3 rings (SSSR count). The summed E-state index contributed by atoms with van der Waals surface area (Å²) in [6, 6.07) is 8.04. The summed E-state index contributed by atoms with van der Waals surface area (Å²) < 4.78 is 71.8. The van der Waals surface area contributed by atoms with Crippen molar-refractivity contribution in [2.24, 2.45) is 0 Å². The minimum absolute atomic E-state index is 0.126. The second kappa shape index (κ2) is 9.69. The molecule has 0 spiro atoms. The van der Waals surface area contributed by atoms with Crippen LogP contribution in [0.15, 0.2) is 36.4 Å². The maximum absolute atomic E-state index is 14.4. The van der Waals surface area contributed by atoms with E-state index in [4.69, 9.17) is 9.47 Å². The number of ether oxygens (including phenoxy) is 3. The first-order chi connectivity index (χ1) is 14.4. The minimum atomic E-state index is -4.03. The fourth-order valence-electron chi connectivity index (χ4n) is 3.77. The van der Waals surface area contributed by atoms with Crippen LogP contribution in [-0.2, 0) is 10.8 Å². The second-order valence-electron chi connectivity index (χ2n) is 7.48. The molecular formula is C23H26F4O3. The number of methoxy groups -OCH3 is 1. The van der Waals surface area contributed by atoms with E-state index < -0.39 is 29.1 Å². The summed E-state index contributed by atoms with van der Waals surface area (Å²) in [4.78, 5) is 0. The standard InChI is InChI=1S/C23H26F4O3/c1-3-14-29-17-8-4-15(5-9-17)16-6-10-18(11-7-16)30-23(26,27)19-12-13-20(28-2)22(25)21(19)24/h6-7,10-13,15,17H,3-5,8-9,14H2,1-2H3.